The van der Waals surface area contributed by atoms with Crippen molar-refractivity contribution >= 4 is 55.2 Å². The van der Waals surface area contributed by atoms with Gasteiger partial charge in [-0.3, -0.25) is 0 Å². The lowest BCUT2D eigenvalue weighted by molar-refractivity contribution is 0.306. The van der Waals surface area contributed by atoms with Crippen LogP contribution >= 0.6 is 33.9 Å². The van der Waals surface area contributed by atoms with Gasteiger partial charge >= 0.3 is 0 Å². The van der Waals surface area contributed by atoms with Crippen LogP contribution in [-0.4, -0.2) is 15.0 Å². The van der Waals surface area contributed by atoms with E-state index < -0.39 is 0 Å². The third-order valence-electron chi connectivity index (χ3n) is 3.45. The largest absolute Gasteiger partial charge is 0.485 e. The molecule has 0 fully saturated rings. The predicted molar refractivity (Wildman–Crippen MR) is 108 cm³/mol. The fraction of sp³-hybridized carbons (Fsp3) is 0.0556. The molecular formula is C18H13IN4OS. The summed E-state index contributed by atoms with van der Waals surface area (Å²) in [7, 11) is 0. The first-order chi connectivity index (χ1) is 12.3. The molecule has 124 valence electrons. The molecule has 0 aliphatic heterocycles. The summed E-state index contributed by atoms with van der Waals surface area (Å²) < 4.78 is 6.99. The third kappa shape index (κ3) is 3.88. The molecule has 0 aliphatic carbocycles. The number of pyridine rings is 2. The molecule has 25 heavy (non-hydrogen) atoms. The summed E-state index contributed by atoms with van der Waals surface area (Å²) in [4.78, 5) is 14.2. The minimum absolute atomic E-state index is 0.485. The van der Waals surface area contributed by atoms with E-state index in [2.05, 4.69) is 42.9 Å². The van der Waals surface area contributed by atoms with Gasteiger partial charge in [0, 0.05) is 16.0 Å². The van der Waals surface area contributed by atoms with Crippen LogP contribution in [0.3, 0.4) is 0 Å². The van der Waals surface area contributed by atoms with Crippen molar-refractivity contribution in [2.75, 3.05) is 5.32 Å². The van der Waals surface area contributed by atoms with E-state index in [0.29, 0.717) is 18.2 Å². The number of fused-ring (bicyclic) bond motifs is 1. The van der Waals surface area contributed by atoms with Gasteiger partial charge in [-0.15, -0.1) is 0 Å². The van der Waals surface area contributed by atoms with Crippen molar-refractivity contribution in [2.45, 2.75) is 6.61 Å². The van der Waals surface area contributed by atoms with Crippen molar-refractivity contribution < 1.29 is 4.74 Å². The Bertz CT molecular complexity index is 973. The van der Waals surface area contributed by atoms with Crippen LogP contribution in [0.15, 0.2) is 60.9 Å². The summed E-state index contributed by atoms with van der Waals surface area (Å²) in [6.45, 7) is 0.485. The Balaban J connectivity index is 1.58. The lowest BCUT2D eigenvalue weighted by Crippen LogP contribution is -2.01. The van der Waals surface area contributed by atoms with Gasteiger partial charge in [-0.2, -0.15) is 0 Å². The molecule has 0 aliphatic rings. The predicted octanol–water partition coefficient (Wildman–Crippen LogP) is 5.01. The highest BCUT2D eigenvalue weighted by atomic mass is 127. The molecule has 0 saturated heterocycles. The molecule has 1 aromatic carbocycles. The number of halogens is 1. The second kappa shape index (κ2) is 7.32. The van der Waals surface area contributed by atoms with Gasteiger partial charge in [0.2, 0.25) is 0 Å². The van der Waals surface area contributed by atoms with Gasteiger partial charge in [0.1, 0.15) is 17.0 Å². The zero-order valence-electron chi connectivity index (χ0n) is 13.0. The first kappa shape index (κ1) is 16.2. The summed E-state index contributed by atoms with van der Waals surface area (Å²) in [5.41, 5.74) is 1.98. The number of hydrogen-bond acceptors (Lipinski definition) is 6. The summed E-state index contributed by atoms with van der Waals surface area (Å²) in [5, 5.41) is 4.00. The maximum Gasteiger partial charge on any atom is 0.191 e. The molecule has 7 heteroatoms. The lowest BCUT2D eigenvalue weighted by atomic mass is 10.2. The number of benzene rings is 1. The molecule has 0 unspecified atom stereocenters. The Labute approximate surface area is 162 Å². The first-order valence-electron chi connectivity index (χ1n) is 7.59. The normalized spacial score (nSPS) is 10.8. The van der Waals surface area contributed by atoms with Crippen LogP contribution in [0.1, 0.15) is 5.56 Å². The minimum atomic E-state index is 0.485. The number of nitrogens with one attached hydrogen (secondary N) is 1. The molecule has 1 N–H and O–H groups in total. The van der Waals surface area contributed by atoms with Gasteiger partial charge in [-0.1, -0.05) is 41.7 Å². The highest BCUT2D eigenvalue weighted by molar-refractivity contribution is 14.1. The molecule has 5 nitrogen and oxygen atoms in total. The van der Waals surface area contributed by atoms with Crippen molar-refractivity contribution in [1.29, 1.82) is 0 Å². The molecule has 0 bridgehead atoms. The topological polar surface area (TPSA) is 59.9 Å². The standard InChI is InChI=1S/C18H13IN4OS/c19-13-9-15(24-11-12-5-2-1-3-6-12)16(21-10-13)23-18-22-14-7-4-8-20-17(14)25-18/h1-10H,11H2,(H,21,22,23). The van der Waals surface area contributed by atoms with Gasteiger partial charge in [-0.25, -0.2) is 15.0 Å². The molecular weight excluding hydrogens is 447 g/mol. The minimum Gasteiger partial charge on any atom is -0.485 e. The monoisotopic (exact) mass is 460 g/mol. The van der Waals surface area contributed by atoms with Crippen LogP contribution in [0.5, 0.6) is 5.75 Å². The van der Waals surface area contributed by atoms with E-state index in [4.69, 9.17) is 4.74 Å². The first-order valence-corrected chi connectivity index (χ1v) is 9.48. The average Bonchev–Trinajstić information content (AvgIpc) is 3.05. The second-order valence-corrected chi connectivity index (χ2v) is 7.47. The van der Waals surface area contributed by atoms with E-state index in [1.807, 2.05) is 48.5 Å². The molecule has 0 amide bonds. The number of nitrogens with zero attached hydrogens (tertiary/aromatic N) is 3. The van der Waals surface area contributed by atoms with E-state index >= 15 is 0 Å². The Kier molecular flexibility index (Phi) is 4.75. The van der Waals surface area contributed by atoms with E-state index in [1.54, 1.807) is 12.4 Å². The molecule has 4 aromatic rings. The Morgan fingerprint density at radius 2 is 1.96 bits per heavy atom. The van der Waals surface area contributed by atoms with Gasteiger partial charge in [0.25, 0.3) is 0 Å². The van der Waals surface area contributed by atoms with Crippen LogP contribution in [-0.2, 0) is 6.61 Å². The highest BCUT2D eigenvalue weighted by Crippen LogP contribution is 2.31. The fourth-order valence-corrected chi connectivity index (χ4v) is 3.51. The fourth-order valence-electron chi connectivity index (χ4n) is 2.28. The van der Waals surface area contributed by atoms with Gasteiger partial charge in [-0.05, 0) is 46.4 Å². The average molecular weight is 460 g/mol. The van der Waals surface area contributed by atoms with Crippen LogP contribution in [0.2, 0.25) is 0 Å². The number of rotatable bonds is 5. The van der Waals surface area contributed by atoms with E-state index in [1.165, 1.54) is 11.3 Å². The molecule has 0 radical (unpaired) electrons. The summed E-state index contributed by atoms with van der Waals surface area (Å²) in [6, 6.07) is 15.8. The van der Waals surface area contributed by atoms with Crippen molar-refractivity contribution in [2.24, 2.45) is 0 Å². The summed E-state index contributed by atoms with van der Waals surface area (Å²) in [5.74, 6) is 1.35. The molecule has 0 atom stereocenters. The van der Waals surface area contributed by atoms with E-state index in [9.17, 15) is 0 Å². The molecule has 4 rings (SSSR count). The van der Waals surface area contributed by atoms with Crippen LogP contribution in [0.25, 0.3) is 10.3 Å². The van der Waals surface area contributed by atoms with Crippen molar-refractivity contribution in [3.63, 3.8) is 0 Å². The van der Waals surface area contributed by atoms with Crippen molar-refractivity contribution in [1.82, 2.24) is 15.0 Å². The number of anilines is 2. The maximum absolute atomic E-state index is 5.98. The molecule has 3 aromatic heterocycles. The van der Waals surface area contributed by atoms with Gasteiger partial charge in [0.15, 0.2) is 16.7 Å². The number of thiazole rings is 1. The van der Waals surface area contributed by atoms with Crippen molar-refractivity contribution in [3.8, 4) is 5.75 Å². The third-order valence-corrected chi connectivity index (χ3v) is 4.93. The second-order valence-electron chi connectivity index (χ2n) is 5.25. The SMILES string of the molecule is Ic1cnc(Nc2nc3cccnc3s2)c(OCc2ccccc2)c1. The lowest BCUT2D eigenvalue weighted by Gasteiger charge is -2.11. The number of aromatic nitrogens is 3. The van der Waals surface area contributed by atoms with Crippen molar-refractivity contribution in [3.05, 3.63) is 70.1 Å². The molecule has 3 heterocycles. The Morgan fingerprint density at radius 1 is 1.08 bits per heavy atom. The quantitative estimate of drug-likeness (QED) is 0.425. The zero-order valence-corrected chi connectivity index (χ0v) is 16.0. The number of hydrogen-bond donors (Lipinski definition) is 1. The molecule has 0 saturated carbocycles. The van der Waals surface area contributed by atoms with Crippen LogP contribution in [0, 0.1) is 3.57 Å². The van der Waals surface area contributed by atoms with Gasteiger partial charge < -0.3 is 10.1 Å². The maximum atomic E-state index is 5.98. The summed E-state index contributed by atoms with van der Waals surface area (Å²) >= 11 is 3.71. The van der Waals surface area contributed by atoms with E-state index in [-0.39, 0.29) is 0 Å². The Hall–Kier alpha value is -2.26. The van der Waals surface area contributed by atoms with Crippen LogP contribution in [0.4, 0.5) is 10.9 Å². The summed E-state index contributed by atoms with van der Waals surface area (Å²) in [6.07, 6.45) is 3.56. The molecule has 0 spiro atoms. The van der Waals surface area contributed by atoms with Crippen LogP contribution < -0.4 is 10.1 Å². The zero-order chi connectivity index (χ0) is 17.1. The Morgan fingerprint density at radius 3 is 2.80 bits per heavy atom. The number of ether oxygens (including phenoxy) is 1. The smallest absolute Gasteiger partial charge is 0.191 e. The van der Waals surface area contributed by atoms with Gasteiger partial charge in [0.05, 0.1) is 0 Å². The van der Waals surface area contributed by atoms with E-state index in [0.717, 1.165) is 24.6 Å². The highest BCUT2D eigenvalue weighted by Gasteiger charge is 2.11.